The Hall–Kier alpha value is -2.12. The van der Waals surface area contributed by atoms with E-state index < -0.39 is 0 Å². The molecule has 0 amide bonds. The second-order valence-corrected chi connectivity index (χ2v) is 4.76. The third-order valence-electron chi connectivity index (χ3n) is 2.49. The molecule has 0 spiro atoms. The zero-order valence-electron chi connectivity index (χ0n) is 10.6. The lowest BCUT2D eigenvalue weighted by Crippen LogP contribution is -1.70. The molecule has 1 heterocycles. The lowest BCUT2D eigenvalue weighted by Gasteiger charge is -1.92. The van der Waals surface area contributed by atoms with E-state index in [0.29, 0.717) is 0 Å². The summed E-state index contributed by atoms with van der Waals surface area (Å²) in [4.78, 5) is 0. The van der Waals surface area contributed by atoms with Crippen LogP contribution in [0.25, 0.3) is 12.2 Å². The summed E-state index contributed by atoms with van der Waals surface area (Å²) >= 11 is 1.71. The third-order valence-corrected chi connectivity index (χ3v) is 3.12. The minimum atomic E-state index is 1.23. The number of benzene rings is 2. The zero-order valence-corrected chi connectivity index (χ0v) is 11.5. The Bertz CT molecular complexity index is 507. The van der Waals surface area contributed by atoms with Gasteiger partial charge in [0.15, 0.2) is 0 Å². The van der Waals surface area contributed by atoms with Gasteiger partial charge in [-0.15, -0.1) is 0 Å². The van der Waals surface area contributed by atoms with E-state index >= 15 is 0 Å². The second-order valence-electron chi connectivity index (χ2n) is 3.95. The van der Waals surface area contributed by atoms with E-state index in [1.165, 1.54) is 11.1 Å². The maximum atomic E-state index is 2.12. The summed E-state index contributed by atoms with van der Waals surface area (Å²) in [7, 11) is 0. The van der Waals surface area contributed by atoms with Crippen molar-refractivity contribution in [1.82, 2.24) is 0 Å². The highest BCUT2D eigenvalue weighted by Gasteiger charge is 1.84. The summed E-state index contributed by atoms with van der Waals surface area (Å²) in [6.45, 7) is 0. The van der Waals surface area contributed by atoms with Crippen molar-refractivity contribution in [3.05, 3.63) is 94.7 Å². The number of thiophene rings is 1. The minimum Gasteiger partial charge on any atom is -0.152 e. The summed E-state index contributed by atoms with van der Waals surface area (Å²) in [6.07, 6.45) is 4.24. The monoisotopic (exact) mass is 264 g/mol. The molecule has 0 unspecified atom stereocenters. The molecule has 94 valence electrons. The van der Waals surface area contributed by atoms with Crippen LogP contribution in [0.1, 0.15) is 11.1 Å². The van der Waals surface area contributed by atoms with Gasteiger partial charge in [-0.05, 0) is 21.9 Å². The molecule has 0 fully saturated rings. The van der Waals surface area contributed by atoms with E-state index in [1.54, 1.807) is 11.3 Å². The van der Waals surface area contributed by atoms with Crippen LogP contribution in [0.5, 0.6) is 0 Å². The van der Waals surface area contributed by atoms with Gasteiger partial charge in [-0.2, -0.15) is 11.3 Å². The molecule has 1 aromatic heterocycles. The van der Waals surface area contributed by atoms with Crippen LogP contribution in [0.15, 0.2) is 83.6 Å². The van der Waals surface area contributed by atoms with E-state index in [0.717, 1.165) is 0 Å². The smallest absolute Gasteiger partial charge is 0.00934 e. The highest BCUT2D eigenvalue weighted by molar-refractivity contribution is 7.07. The summed E-state index contributed by atoms with van der Waals surface area (Å²) in [5.41, 5.74) is 2.47. The summed E-state index contributed by atoms with van der Waals surface area (Å²) in [5.74, 6) is 0. The van der Waals surface area contributed by atoms with Gasteiger partial charge >= 0.3 is 0 Å². The predicted molar refractivity (Wildman–Crippen MR) is 86.1 cm³/mol. The highest BCUT2D eigenvalue weighted by atomic mass is 32.1. The van der Waals surface area contributed by atoms with Gasteiger partial charge < -0.3 is 0 Å². The minimum absolute atomic E-state index is 1.23. The van der Waals surface area contributed by atoms with E-state index in [-0.39, 0.29) is 0 Å². The van der Waals surface area contributed by atoms with Gasteiger partial charge in [0.05, 0.1) is 0 Å². The first-order chi connectivity index (χ1) is 9.45. The maximum absolute atomic E-state index is 2.12. The van der Waals surface area contributed by atoms with Crippen molar-refractivity contribution in [3.63, 3.8) is 0 Å². The first-order valence-corrected chi connectivity index (χ1v) is 7.15. The fraction of sp³-hybridized carbons (Fsp3) is 0. The highest BCUT2D eigenvalue weighted by Crippen LogP contribution is 2.06. The number of hydrogen-bond donors (Lipinski definition) is 0. The Morgan fingerprint density at radius 3 is 1.26 bits per heavy atom. The second kappa shape index (κ2) is 8.06. The molecule has 3 rings (SSSR count). The molecule has 0 bridgehead atoms. The molecule has 0 radical (unpaired) electrons. The van der Waals surface area contributed by atoms with Crippen molar-refractivity contribution in [3.8, 4) is 0 Å². The van der Waals surface area contributed by atoms with Gasteiger partial charge in [0.1, 0.15) is 0 Å². The number of rotatable bonds is 2. The Balaban J connectivity index is 0.000000224. The van der Waals surface area contributed by atoms with Gasteiger partial charge in [-0.25, -0.2) is 0 Å². The topological polar surface area (TPSA) is 0 Å². The Labute approximate surface area is 118 Å². The van der Waals surface area contributed by atoms with Crippen LogP contribution in [0, 0.1) is 0 Å². The van der Waals surface area contributed by atoms with Crippen molar-refractivity contribution >= 4 is 23.5 Å². The molecule has 0 aliphatic carbocycles. The molecule has 1 heteroatoms. The predicted octanol–water partition coefficient (Wildman–Crippen LogP) is 5.61. The van der Waals surface area contributed by atoms with Gasteiger partial charge in [0, 0.05) is 0 Å². The standard InChI is InChI=1S/C14H12.C4H4S/c1-3-7-13(8-4-1)11-12-14-9-5-2-6-10-14;1-2-4-5-3-1/h1-12H;1-4H. The molecule has 0 aliphatic heterocycles. The van der Waals surface area contributed by atoms with Crippen LogP contribution in [-0.2, 0) is 0 Å². The van der Waals surface area contributed by atoms with Crippen molar-refractivity contribution in [2.75, 3.05) is 0 Å². The molecule has 0 atom stereocenters. The number of hydrogen-bond acceptors (Lipinski definition) is 1. The van der Waals surface area contributed by atoms with Crippen LogP contribution < -0.4 is 0 Å². The molecule has 0 N–H and O–H groups in total. The molecule has 3 aromatic rings. The lowest BCUT2D eigenvalue weighted by atomic mass is 10.1. The van der Waals surface area contributed by atoms with E-state index in [4.69, 9.17) is 0 Å². The molecule has 2 aromatic carbocycles. The fourth-order valence-corrected chi connectivity index (χ4v) is 2.00. The van der Waals surface area contributed by atoms with Gasteiger partial charge in [-0.1, -0.05) is 84.9 Å². The average Bonchev–Trinajstić information content (AvgIpc) is 3.07. The normalized spacial score (nSPS) is 9.89. The summed E-state index contributed by atoms with van der Waals surface area (Å²) in [5, 5.41) is 4.08. The molecule has 0 saturated carbocycles. The average molecular weight is 264 g/mol. The molecule has 0 saturated heterocycles. The van der Waals surface area contributed by atoms with Crippen LogP contribution >= 0.6 is 11.3 Å². The van der Waals surface area contributed by atoms with Crippen LogP contribution in [0.3, 0.4) is 0 Å². The molecule has 0 aliphatic rings. The molecule has 0 nitrogen and oxygen atoms in total. The maximum Gasteiger partial charge on any atom is -0.00934 e. The first kappa shape index (κ1) is 13.3. The largest absolute Gasteiger partial charge is 0.152 e. The molecular formula is C18H16S. The van der Waals surface area contributed by atoms with Crippen molar-refractivity contribution in [1.29, 1.82) is 0 Å². The van der Waals surface area contributed by atoms with Crippen LogP contribution in [0.4, 0.5) is 0 Å². The van der Waals surface area contributed by atoms with Gasteiger partial charge in [0.2, 0.25) is 0 Å². The summed E-state index contributed by atoms with van der Waals surface area (Å²) < 4.78 is 0. The molecular weight excluding hydrogens is 248 g/mol. The Kier molecular flexibility index (Phi) is 5.65. The van der Waals surface area contributed by atoms with Gasteiger partial charge in [-0.3, -0.25) is 0 Å². The molecule has 19 heavy (non-hydrogen) atoms. The Morgan fingerprint density at radius 2 is 0.947 bits per heavy atom. The third kappa shape index (κ3) is 5.36. The fourth-order valence-electron chi connectivity index (χ4n) is 1.55. The van der Waals surface area contributed by atoms with Crippen LogP contribution in [0.2, 0.25) is 0 Å². The van der Waals surface area contributed by atoms with E-state index in [9.17, 15) is 0 Å². The van der Waals surface area contributed by atoms with Gasteiger partial charge in [0.25, 0.3) is 0 Å². The lowest BCUT2D eigenvalue weighted by molar-refractivity contribution is 1.65. The SMILES string of the molecule is C(=Cc1ccccc1)c1ccccc1.c1ccsc1. The van der Waals surface area contributed by atoms with Crippen molar-refractivity contribution < 1.29 is 0 Å². The van der Waals surface area contributed by atoms with Crippen molar-refractivity contribution in [2.45, 2.75) is 0 Å². The van der Waals surface area contributed by atoms with E-state index in [1.807, 2.05) is 59.3 Å². The van der Waals surface area contributed by atoms with Crippen molar-refractivity contribution in [2.24, 2.45) is 0 Å². The summed E-state index contributed by atoms with van der Waals surface area (Å²) in [6, 6.07) is 24.7. The van der Waals surface area contributed by atoms with E-state index in [2.05, 4.69) is 36.4 Å². The Morgan fingerprint density at radius 1 is 0.526 bits per heavy atom. The van der Waals surface area contributed by atoms with Crippen LogP contribution in [-0.4, -0.2) is 0 Å². The quantitative estimate of drug-likeness (QED) is 0.528. The zero-order chi connectivity index (χ0) is 13.2. The first-order valence-electron chi connectivity index (χ1n) is 6.20.